The summed E-state index contributed by atoms with van der Waals surface area (Å²) in [6.45, 7) is 1.77. The maximum Gasteiger partial charge on any atom is 0.578 e. The summed E-state index contributed by atoms with van der Waals surface area (Å²) in [4.78, 5) is 7.95. The van der Waals surface area contributed by atoms with Crippen LogP contribution in [0.1, 0.15) is 16.8 Å². The smallest absolute Gasteiger partial charge is 0.578 e. The second kappa shape index (κ2) is 5.95. The van der Waals surface area contributed by atoms with Crippen molar-refractivity contribution in [3.63, 3.8) is 0 Å². The summed E-state index contributed by atoms with van der Waals surface area (Å²) in [5.74, 6) is 0.752. The van der Waals surface area contributed by atoms with Gasteiger partial charge in [-0.15, -0.1) is 13.2 Å². The van der Waals surface area contributed by atoms with Gasteiger partial charge in [0.1, 0.15) is 12.1 Å². The van der Waals surface area contributed by atoms with E-state index in [4.69, 9.17) is 5.73 Å². The Morgan fingerprint density at radius 1 is 1.25 bits per heavy atom. The summed E-state index contributed by atoms with van der Waals surface area (Å²) in [6.07, 6.45) is 1.70. The lowest BCUT2D eigenvalue weighted by molar-refractivity contribution is -0.0435. The molecule has 24 heavy (non-hydrogen) atoms. The maximum absolute atomic E-state index is 12.5. The van der Waals surface area contributed by atoms with Crippen LogP contribution >= 0.6 is 0 Å². The van der Waals surface area contributed by atoms with Gasteiger partial charge in [0, 0.05) is 17.7 Å². The number of nitrogens with two attached hydrogens (primary N) is 1. The summed E-state index contributed by atoms with van der Waals surface area (Å²) in [7, 11) is 0. The van der Waals surface area contributed by atoms with E-state index < -0.39 is 16.7 Å². The lowest BCUT2D eigenvalue weighted by Crippen LogP contribution is -2.23. The van der Waals surface area contributed by atoms with Crippen LogP contribution in [0.4, 0.5) is 19.0 Å². The molecule has 2 aromatic heterocycles. The molecular formula is C14H12F3N5OS. The first kappa shape index (κ1) is 16.5. The molecule has 0 saturated heterocycles. The first-order valence-electron chi connectivity index (χ1n) is 6.79. The molecule has 1 atom stereocenters. The third kappa shape index (κ3) is 3.02. The minimum atomic E-state index is -4.77. The van der Waals surface area contributed by atoms with Crippen molar-refractivity contribution in [2.24, 2.45) is 0 Å². The van der Waals surface area contributed by atoms with Gasteiger partial charge in [-0.05, 0) is 24.6 Å². The third-order valence-corrected chi connectivity index (χ3v) is 4.62. The topological polar surface area (TPSA) is 92.2 Å². The molecule has 0 saturated carbocycles. The van der Waals surface area contributed by atoms with Crippen LogP contribution in [0, 0.1) is 6.92 Å². The summed E-state index contributed by atoms with van der Waals surface area (Å²) in [5, 5.41) is 3.98. The molecule has 0 radical (unpaired) electrons. The number of nitrogens with zero attached hydrogens (tertiary/aromatic N) is 4. The molecule has 0 fully saturated rings. The minimum Gasteiger partial charge on any atom is -0.604 e. The first-order valence-corrected chi connectivity index (χ1v) is 7.94. The number of halogens is 3. The number of alkyl halides is 3. The van der Waals surface area contributed by atoms with Gasteiger partial charge in [-0.1, -0.05) is 12.1 Å². The standard InChI is InChI=1S/C14H12F3N5OS/c1-8-11(12(18)22-13(21-8)19-7-20-22)6-9-2-4-10(5-3-9)24(23)14(15,16)17/h2-5,7H,6,18H2,1H3. The molecule has 0 bridgehead atoms. The Morgan fingerprint density at radius 3 is 2.54 bits per heavy atom. The van der Waals surface area contributed by atoms with E-state index in [9.17, 15) is 17.7 Å². The lowest BCUT2D eigenvalue weighted by atomic mass is 10.0. The molecule has 0 aliphatic rings. The molecule has 10 heteroatoms. The lowest BCUT2D eigenvalue weighted by Gasteiger charge is -2.13. The summed E-state index contributed by atoms with van der Waals surface area (Å²) >= 11 is -3.04. The van der Waals surface area contributed by atoms with Gasteiger partial charge in [0.05, 0.1) is 11.2 Å². The van der Waals surface area contributed by atoms with Crippen LogP contribution in [-0.4, -0.2) is 29.6 Å². The monoisotopic (exact) mass is 355 g/mol. The fourth-order valence-corrected chi connectivity index (χ4v) is 2.95. The van der Waals surface area contributed by atoms with Crippen molar-refractivity contribution in [2.75, 3.05) is 5.73 Å². The van der Waals surface area contributed by atoms with E-state index in [0.29, 0.717) is 34.8 Å². The van der Waals surface area contributed by atoms with E-state index in [1.165, 1.54) is 35.1 Å². The number of nitrogen functional groups attached to an aromatic ring is 1. The van der Waals surface area contributed by atoms with Crippen molar-refractivity contribution in [2.45, 2.75) is 23.7 Å². The van der Waals surface area contributed by atoms with Crippen LogP contribution < -0.4 is 5.73 Å². The summed E-state index contributed by atoms with van der Waals surface area (Å²) in [6, 6.07) is 5.38. The van der Waals surface area contributed by atoms with Gasteiger partial charge in [0.25, 0.3) is 5.78 Å². The predicted molar refractivity (Wildman–Crippen MR) is 81.6 cm³/mol. The highest BCUT2D eigenvalue weighted by Crippen LogP contribution is 2.30. The Hall–Kier alpha value is -2.33. The number of hydrogen-bond acceptors (Lipinski definition) is 5. The maximum atomic E-state index is 12.5. The normalized spacial score (nSPS) is 13.4. The number of hydrogen-bond donors (Lipinski definition) is 1. The first-order chi connectivity index (χ1) is 11.3. The fraction of sp³-hybridized carbons (Fsp3) is 0.214. The van der Waals surface area contributed by atoms with E-state index in [-0.39, 0.29) is 4.90 Å². The largest absolute Gasteiger partial charge is 0.604 e. The Labute approximate surface area is 137 Å². The average molecular weight is 355 g/mol. The minimum absolute atomic E-state index is 0.291. The van der Waals surface area contributed by atoms with Gasteiger partial charge in [-0.2, -0.15) is 14.6 Å². The summed E-state index contributed by atoms with van der Waals surface area (Å²) < 4.78 is 50.1. The van der Waals surface area contributed by atoms with Gasteiger partial charge >= 0.3 is 5.51 Å². The molecule has 2 heterocycles. The zero-order valence-electron chi connectivity index (χ0n) is 12.4. The number of benzene rings is 1. The molecule has 1 unspecified atom stereocenters. The third-order valence-electron chi connectivity index (χ3n) is 3.50. The second-order valence-corrected chi connectivity index (χ2v) is 6.54. The van der Waals surface area contributed by atoms with E-state index in [0.717, 1.165) is 0 Å². The molecule has 126 valence electrons. The molecule has 0 amide bonds. The molecule has 6 nitrogen and oxygen atoms in total. The van der Waals surface area contributed by atoms with Crippen molar-refractivity contribution in [1.29, 1.82) is 0 Å². The van der Waals surface area contributed by atoms with Crippen LogP contribution in [-0.2, 0) is 17.6 Å². The molecule has 0 aliphatic carbocycles. The van der Waals surface area contributed by atoms with Crippen LogP contribution in [0.15, 0.2) is 35.5 Å². The Balaban J connectivity index is 1.89. The van der Waals surface area contributed by atoms with E-state index in [1.54, 1.807) is 6.92 Å². The zero-order valence-corrected chi connectivity index (χ0v) is 13.2. The van der Waals surface area contributed by atoms with Crippen LogP contribution in [0.3, 0.4) is 0 Å². The molecule has 3 rings (SSSR count). The van der Waals surface area contributed by atoms with Gasteiger partial charge in [-0.25, -0.2) is 4.98 Å². The predicted octanol–water partition coefficient (Wildman–Crippen LogP) is 2.23. The van der Waals surface area contributed by atoms with E-state index in [2.05, 4.69) is 15.1 Å². The van der Waals surface area contributed by atoms with Crippen LogP contribution in [0.5, 0.6) is 0 Å². The molecule has 0 aliphatic heterocycles. The Bertz CT molecular complexity index is 878. The van der Waals surface area contributed by atoms with Crippen molar-refractivity contribution in [3.05, 3.63) is 47.4 Å². The molecule has 2 N–H and O–H groups in total. The van der Waals surface area contributed by atoms with Crippen molar-refractivity contribution in [3.8, 4) is 0 Å². The van der Waals surface area contributed by atoms with Gasteiger partial charge < -0.3 is 10.3 Å². The second-order valence-electron chi connectivity index (χ2n) is 5.07. The van der Waals surface area contributed by atoms with Gasteiger partial charge in [-0.3, -0.25) is 0 Å². The highest BCUT2D eigenvalue weighted by Gasteiger charge is 2.45. The van der Waals surface area contributed by atoms with E-state index >= 15 is 0 Å². The average Bonchev–Trinajstić information content (AvgIpc) is 2.99. The SMILES string of the molecule is Cc1nc2ncnn2c(N)c1Cc1ccc([S+]([O-])C(F)(F)F)cc1. The number of rotatable bonds is 3. The quantitative estimate of drug-likeness (QED) is 0.728. The van der Waals surface area contributed by atoms with E-state index in [1.807, 2.05) is 0 Å². The number of anilines is 1. The van der Waals surface area contributed by atoms with Crippen molar-refractivity contribution in [1.82, 2.24) is 19.6 Å². The van der Waals surface area contributed by atoms with Gasteiger partial charge in [0.2, 0.25) is 0 Å². The molecular weight excluding hydrogens is 343 g/mol. The van der Waals surface area contributed by atoms with Crippen LogP contribution in [0.2, 0.25) is 0 Å². The molecule has 1 aromatic carbocycles. The fourth-order valence-electron chi connectivity index (χ4n) is 2.30. The Kier molecular flexibility index (Phi) is 4.10. The van der Waals surface area contributed by atoms with Crippen molar-refractivity contribution < 1.29 is 17.7 Å². The number of fused-ring (bicyclic) bond motifs is 1. The highest BCUT2D eigenvalue weighted by atomic mass is 32.2. The summed E-state index contributed by atoms with van der Waals surface area (Å²) in [5.41, 5.74) is 3.38. The Morgan fingerprint density at radius 2 is 1.92 bits per heavy atom. The number of aryl methyl sites for hydroxylation is 1. The molecule has 0 spiro atoms. The number of aromatic nitrogens is 4. The molecule has 3 aromatic rings. The van der Waals surface area contributed by atoms with Crippen molar-refractivity contribution >= 4 is 22.8 Å². The zero-order chi connectivity index (χ0) is 17.5. The highest BCUT2D eigenvalue weighted by molar-refractivity contribution is 7.92. The van der Waals surface area contributed by atoms with Gasteiger partial charge in [0.15, 0.2) is 4.90 Å². The van der Waals surface area contributed by atoms with Crippen LogP contribution in [0.25, 0.3) is 5.78 Å².